The van der Waals surface area contributed by atoms with Crippen molar-refractivity contribution in [2.45, 2.75) is 6.36 Å². The number of nitrogens with one attached hydrogen (secondary N) is 1. The van der Waals surface area contributed by atoms with Crippen LogP contribution in [0, 0.1) is 0 Å². The van der Waals surface area contributed by atoms with Crippen molar-refractivity contribution in [3.63, 3.8) is 0 Å². The molecule has 9 heteroatoms. The van der Waals surface area contributed by atoms with E-state index in [0.717, 1.165) is 27.5 Å². The molecule has 0 amide bonds. The summed E-state index contributed by atoms with van der Waals surface area (Å²) in [5.74, 6) is -0.355. The molecule has 5 nitrogen and oxygen atoms in total. The number of H-pyrrole nitrogens is 1. The quantitative estimate of drug-likeness (QED) is 0.498. The third-order valence-electron chi connectivity index (χ3n) is 3.86. The molecule has 26 heavy (non-hydrogen) atoms. The van der Waals surface area contributed by atoms with E-state index in [4.69, 9.17) is 0 Å². The largest absolute Gasteiger partial charge is 0.573 e. The minimum Gasteiger partial charge on any atom is -0.406 e. The van der Waals surface area contributed by atoms with Gasteiger partial charge in [0.25, 0.3) is 0 Å². The molecule has 0 fully saturated rings. The first-order valence-electron chi connectivity index (χ1n) is 7.44. The van der Waals surface area contributed by atoms with E-state index in [2.05, 4.69) is 25.9 Å². The van der Waals surface area contributed by atoms with Gasteiger partial charge in [0, 0.05) is 15.9 Å². The Bertz CT molecular complexity index is 1180. The van der Waals surface area contributed by atoms with Crippen molar-refractivity contribution in [3.05, 3.63) is 69.4 Å². The van der Waals surface area contributed by atoms with Gasteiger partial charge in [-0.25, -0.2) is 4.79 Å². The van der Waals surface area contributed by atoms with Gasteiger partial charge in [0.2, 0.25) is 5.52 Å². The fourth-order valence-electron chi connectivity index (χ4n) is 2.76. The van der Waals surface area contributed by atoms with E-state index in [1.54, 1.807) is 10.6 Å². The minimum atomic E-state index is -4.76. The van der Waals surface area contributed by atoms with Crippen LogP contribution in [-0.2, 0) is 0 Å². The second kappa shape index (κ2) is 5.87. The molecule has 4 aromatic rings. The molecule has 132 valence electrons. The zero-order chi connectivity index (χ0) is 18.5. The highest BCUT2D eigenvalue weighted by atomic mass is 79.9. The van der Waals surface area contributed by atoms with Gasteiger partial charge < -0.3 is 4.74 Å². The summed E-state index contributed by atoms with van der Waals surface area (Å²) >= 11 is 3.46. The molecule has 0 saturated heterocycles. The monoisotopic (exact) mass is 424 g/mol. The van der Waals surface area contributed by atoms with Gasteiger partial charge in [-0.2, -0.15) is 0 Å². The minimum absolute atomic E-state index is 0.332. The van der Waals surface area contributed by atoms with E-state index < -0.39 is 6.36 Å². The fourth-order valence-corrected chi connectivity index (χ4v) is 3.31. The molecule has 0 spiro atoms. The lowest BCUT2D eigenvalue weighted by atomic mass is 10.2. The number of para-hydroxylation sites is 1. The maximum absolute atomic E-state index is 12.7. The lowest BCUT2D eigenvalue weighted by Crippen LogP contribution is -2.26. The van der Waals surface area contributed by atoms with Crippen molar-refractivity contribution >= 4 is 32.3 Å². The van der Waals surface area contributed by atoms with Gasteiger partial charge in [-0.15, -0.1) is 17.7 Å². The molecule has 0 aliphatic rings. The van der Waals surface area contributed by atoms with E-state index >= 15 is 0 Å². The van der Waals surface area contributed by atoms with Gasteiger partial charge in [-0.1, -0.05) is 22.0 Å². The van der Waals surface area contributed by atoms with Gasteiger partial charge in [0.15, 0.2) is 11.2 Å². The zero-order valence-corrected chi connectivity index (χ0v) is 14.5. The average Bonchev–Trinajstić information content (AvgIpc) is 2.92. The highest BCUT2D eigenvalue weighted by Crippen LogP contribution is 2.24. The summed E-state index contributed by atoms with van der Waals surface area (Å²) in [6.07, 6.45) is -4.76. The predicted octanol–water partition coefficient (Wildman–Crippen LogP) is 3.72. The Balaban J connectivity index is 1.86. The van der Waals surface area contributed by atoms with Crippen LogP contribution in [0.1, 0.15) is 0 Å². The normalized spacial score (nSPS) is 12.0. The lowest BCUT2D eigenvalue weighted by molar-refractivity contribution is -0.555. The van der Waals surface area contributed by atoms with Crippen LogP contribution in [-0.4, -0.2) is 16.3 Å². The molecule has 2 heterocycles. The number of aromatic amines is 1. The van der Waals surface area contributed by atoms with Crippen LogP contribution in [0.4, 0.5) is 13.2 Å². The summed E-state index contributed by atoms with van der Waals surface area (Å²) in [6.45, 7) is 0. The number of nitrogens with zero attached hydrogens (tertiary/aromatic N) is 2. The highest BCUT2D eigenvalue weighted by molar-refractivity contribution is 9.10. The molecule has 0 aliphatic carbocycles. The fraction of sp³-hybridized carbons (Fsp3) is 0.0588. The lowest BCUT2D eigenvalue weighted by Gasteiger charge is -2.08. The molecule has 4 rings (SSSR count). The maximum Gasteiger partial charge on any atom is 0.573 e. The molecule has 0 bridgehead atoms. The Morgan fingerprint density at radius 3 is 2.42 bits per heavy atom. The molecule has 1 N–H and O–H groups in total. The molecule has 2 aromatic carbocycles. The molecule has 0 saturated carbocycles. The average molecular weight is 425 g/mol. The predicted molar refractivity (Wildman–Crippen MR) is 91.4 cm³/mol. The van der Waals surface area contributed by atoms with Gasteiger partial charge in [0.05, 0.1) is 0 Å². The summed E-state index contributed by atoms with van der Waals surface area (Å²) in [5, 5.41) is 3.86. The molecule has 0 unspecified atom stereocenters. The van der Waals surface area contributed by atoms with Crippen LogP contribution in [0.5, 0.6) is 5.75 Å². The number of rotatable bonds is 2. The van der Waals surface area contributed by atoms with Crippen molar-refractivity contribution in [1.82, 2.24) is 9.90 Å². The number of halogens is 4. The van der Waals surface area contributed by atoms with Crippen LogP contribution in [0.15, 0.2) is 63.9 Å². The number of aromatic nitrogens is 3. The smallest absolute Gasteiger partial charge is 0.406 e. The van der Waals surface area contributed by atoms with Gasteiger partial charge in [-0.3, -0.25) is 0 Å². The Labute approximate surface area is 152 Å². The van der Waals surface area contributed by atoms with Crippen LogP contribution < -0.4 is 14.8 Å². The summed E-state index contributed by atoms with van der Waals surface area (Å²) in [7, 11) is 0. The zero-order valence-electron chi connectivity index (χ0n) is 12.9. The first-order valence-corrected chi connectivity index (χ1v) is 8.23. The number of alkyl halides is 3. The molecular weight excluding hydrogens is 415 g/mol. The Kier molecular flexibility index (Phi) is 3.76. The highest BCUT2D eigenvalue weighted by Gasteiger charge is 2.31. The van der Waals surface area contributed by atoms with Crippen molar-refractivity contribution in [2.24, 2.45) is 0 Å². The number of benzene rings is 2. The van der Waals surface area contributed by atoms with Crippen LogP contribution >= 0.6 is 15.9 Å². The van der Waals surface area contributed by atoms with E-state index in [0.29, 0.717) is 11.2 Å². The second-order valence-corrected chi connectivity index (χ2v) is 6.37. The number of hydrogen-bond donors (Lipinski definition) is 1. The molecule has 0 aliphatic heterocycles. The summed E-state index contributed by atoms with van der Waals surface area (Å²) in [5.41, 5.74) is 1.23. The molecular formula is C17H10BrF3N3O2+. The SMILES string of the molecule is O=c1c2cc(Br)c3ccccc3[n+]2[nH]n1-c1ccc(OC(F)(F)F)cc1. The van der Waals surface area contributed by atoms with E-state index in [1.165, 1.54) is 16.8 Å². The first-order chi connectivity index (χ1) is 12.3. The van der Waals surface area contributed by atoms with Gasteiger partial charge in [-0.05, 0) is 52.3 Å². The van der Waals surface area contributed by atoms with Crippen molar-refractivity contribution < 1.29 is 22.4 Å². The topological polar surface area (TPSA) is 51.1 Å². The van der Waals surface area contributed by atoms with Crippen molar-refractivity contribution in [3.8, 4) is 11.4 Å². The number of pyridine rings is 1. The summed E-state index contributed by atoms with van der Waals surface area (Å²) in [6, 6.07) is 14.2. The number of fused-ring (bicyclic) bond motifs is 3. The molecule has 2 aromatic heterocycles. The van der Waals surface area contributed by atoms with Crippen LogP contribution in [0.2, 0.25) is 0 Å². The van der Waals surface area contributed by atoms with E-state index in [-0.39, 0.29) is 11.3 Å². The molecule has 0 radical (unpaired) electrons. The van der Waals surface area contributed by atoms with Crippen LogP contribution in [0.25, 0.3) is 22.1 Å². The summed E-state index contributed by atoms with van der Waals surface area (Å²) in [4.78, 5) is 12.7. The third kappa shape index (κ3) is 2.84. The van der Waals surface area contributed by atoms with E-state index in [1.807, 2.05) is 24.3 Å². The summed E-state index contributed by atoms with van der Waals surface area (Å²) < 4.78 is 44.3. The Hall–Kier alpha value is -2.81. The number of ether oxygens (including phenoxy) is 1. The van der Waals surface area contributed by atoms with Crippen molar-refractivity contribution in [1.29, 1.82) is 0 Å². The maximum atomic E-state index is 12.7. The van der Waals surface area contributed by atoms with Gasteiger partial charge >= 0.3 is 11.9 Å². The Morgan fingerprint density at radius 2 is 1.73 bits per heavy atom. The van der Waals surface area contributed by atoms with Crippen molar-refractivity contribution in [2.75, 3.05) is 0 Å². The van der Waals surface area contributed by atoms with Gasteiger partial charge in [0.1, 0.15) is 5.75 Å². The molecule has 0 atom stereocenters. The van der Waals surface area contributed by atoms with Crippen LogP contribution in [0.3, 0.4) is 0 Å². The third-order valence-corrected chi connectivity index (χ3v) is 4.51. The standard InChI is InChI=1S/C17H9BrF3N3O2/c18-13-9-15-16(25)23(22-24(15)14-4-2-1-3-12(13)14)10-5-7-11(8-6-10)26-17(19,20)21/h1-9H/p+1. The second-order valence-electron chi connectivity index (χ2n) is 5.51. The Morgan fingerprint density at radius 1 is 1.04 bits per heavy atom. The number of hydrogen-bond acceptors (Lipinski definition) is 2. The first kappa shape index (κ1) is 16.6. The van der Waals surface area contributed by atoms with E-state index in [9.17, 15) is 18.0 Å².